The maximum Gasteiger partial charge on any atom is 0.229 e. The number of hydrogen-bond donors (Lipinski definition) is 2. The van der Waals surface area contributed by atoms with Crippen molar-refractivity contribution in [3.63, 3.8) is 0 Å². The van der Waals surface area contributed by atoms with Crippen LogP contribution in [0.4, 0.5) is 17.5 Å². The molecule has 3 aromatic rings. The van der Waals surface area contributed by atoms with Crippen LogP contribution in [-0.4, -0.2) is 24.9 Å². The molecule has 1 aromatic heterocycles. The van der Waals surface area contributed by atoms with E-state index in [4.69, 9.17) is 4.98 Å². The largest absolute Gasteiger partial charge is 0.369 e. The molecule has 0 amide bonds. The summed E-state index contributed by atoms with van der Waals surface area (Å²) in [6, 6.07) is 14.4. The van der Waals surface area contributed by atoms with Gasteiger partial charge in [-0.3, -0.25) is 0 Å². The number of anilines is 3. The molecule has 1 fully saturated rings. The van der Waals surface area contributed by atoms with Crippen molar-refractivity contribution in [1.82, 2.24) is 9.97 Å². The third kappa shape index (κ3) is 4.62. The molecule has 2 N–H and O–H groups in total. The van der Waals surface area contributed by atoms with Crippen molar-refractivity contribution in [3.8, 4) is 0 Å². The van der Waals surface area contributed by atoms with Crippen LogP contribution >= 0.6 is 0 Å². The SMILES string of the molecule is C=CS(=O)(=O)c1ccc(Nc2nc(NCC3CCCCC3)c3ccccc3n2)cc1. The van der Waals surface area contributed by atoms with Crippen LogP contribution in [0, 0.1) is 5.92 Å². The van der Waals surface area contributed by atoms with Crippen molar-refractivity contribution in [2.75, 3.05) is 17.2 Å². The van der Waals surface area contributed by atoms with Crippen molar-refractivity contribution < 1.29 is 8.42 Å². The first-order chi connectivity index (χ1) is 14.5. The molecule has 1 aliphatic rings. The molecule has 2 aromatic carbocycles. The fraction of sp³-hybridized carbons (Fsp3) is 0.304. The van der Waals surface area contributed by atoms with Crippen molar-refractivity contribution in [2.45, 2.75) is 37.0 Å². The van der Waals surface area contributed by atoms with Crippen molar-refractivity contribution >= 4 is 38.2 Å². The average Bonchev–Trinajstić information content (AvgIpc) is 2.78. The summed E-state index contributed by atoms with van der Waals surface area (Å²) in [7, 11) is -3.45. The van der Waals surface area contributed by atoms with Gasteiger partial charge in [0.2, 0.25) is 5.95 Å². The monoisotopic (exact) mass is 422 g/mol. The highest BCUT2D eigenvalue weighted by Crippen LogP contribution is 2.27. The number of hydrogen-bond acceptors (Lipinski definition) is 6. The molecule has 30 heavy (non-hydrogen) atoms. The van der Waals surface area contributed by atoms with Crippen LogP contribution in [0.25, 0.3) is 10.9 Å². The first-order valence-electron chi connectivity index (χ1n) is 10.3. The summed E-state index contributed by atoms with van der Waals surface area (Å²) in [5.41, 5.74) is 1.57. The summed E-state index contributed by atoms with van der Waals surface area (Å²) in [4.78, 5) is 9.52. The lowest BCUT2D eigenvalue weighted by Crippen LogP contribution is -2.18. The summed E-state index contributed by atoms with van der Waals surface area (Å²) in [5, 5.41) is 8.67. The molecule has 0 saturated heterocycles. The Morgan fingerprint density at radius 1 is 1.00 bits per heavy atom. The van der Waals surface area contributed by atoms with E-state index in [0.29, 0.717) is 17.6 Å². The zero-order valence-corrected chi connectivity index (χ0v) is 17.7. The number of fused-ring (bicyclic) bond motifs is 1. The van der Waals surface area contributed by atoms with E-state index in [2.05, 4.69) is 22.2 Å². The zero-order valence-electron chi connectivity index (χ0n) is 16.8. The minimum atomic E-state index is -3.45. The smallest absolute Gasteiger partial charge is 0.229 e. The van der Waals surface area contributed by atoms with E-state index in [0.717, 1.165) is 28.7 Å². The molecular weight excluding hydrogens is 396 g/mol. The number of aromatic nitrogens is 2. The molecule has 6 nitrogen and oxygen atoms in total. The number of sulfone groups is 1. The van der Waals surface area contributed by atoms with Gasteiger partial charge in [-0.25, -0.2) is 13.4 Å². The number of nitrogens with zero attached hydrogens (tertiary/aromatic N) is 2. The molecule has 0 spiro atoms. The van der Waals surface area contributed by atoms with Gasteiger partial charge in [-0.15, -0.1) is 0 Å². The Labute approximate surface area is 177 Å². The van der Waals surface area contributed by atoms with Crippen LogP contribution in [0.1, 0.15) is 32.1 Å². The lowest BCUT2D eigenvalue weighted by Gasteiger charge is -2.22. The third-order valence-corrected chi connectivity index (χ3v) is 6.91. The molecule has 156 valence electrons. The minimum absolute atomic E-state index is 0.206. The highest BCUT2D eigenvalue weighted by atomic mass is 32.2. The van der Waals surface area contributed by atoms with Crippen LogP contribution in [0.3, 0.4) is 0 Å². The minimum Gasteiger partial charge on any atom is -0.369 e. The predicted molar refractivity (Wildman–Crippen MR) is 122 cm³/mol. The number of para-hydroxylation sites is 1. The Hall–Kier alpha value is -2.93. The van der Waals surface area contributed by atoms with Crippen LogP contribution in [0.15, 0.2) is 65.4 Å². The van der Waals surface area contributed by atoms with Gasteiger partial charge in [-0.1, -0.05) is 38.0 Å². The first kappa shape index (κ1) is 20.3. The normalized spacial score (nSPS) is 15.1. The fourth-order valence-electron chi connectivity index (χ4n) is 3.85. The fourth-order valence-corrected chi connectivity index (χ4v) is 4.56. The second-order valence-electron chi connectivity index (χ2n) is 7.66. The van der Waals surface area contributed by atoms with E-state index in [1.165, 1.54) is 32.1 Å². The number of benzene rings is 2. The summed E-state index contributed by atoms with van der Waals surface area (Å²) >= 11 is 0. The molecule has 1 saturated carbocycles. The molecule has 0 unspecified atom stereocenters. The Balaban J connectivity index is 1.57. The lowest BCUT2D eigenvalue weighted by molar-refractivity contribution is 0.373. The summed E-state index contributed by atoms with van der Waals surface area (Å²) in [6.07, 6.45) is 6.48. The Morgan fingerprint density at radius 2 is 1.73 bits per heavy atom. The zero-order chi connectivity index (χ0) is 21.0. The topological polar surface area (TPSA) is 84.0 Å². The molecule has 4 rings (SSSR count). The van der Waals surface area contributed by atoms with Gasteiger partial charge in [0.25, 0.3) is 0 Å². The molecule has 0 bridgehead atoms. The molecule has 7 heteroatoms. The number of nitrogens with one attached hydrogen (secondary N) is 2. The van der Waals surface area contributed by atoms with Gasteiger partial charge in [0.05, 0.1) is 10.4 Å². The molecule has 0 atom stereocenters. The second-order valence-corrected chi connectivity index (χ2v) is 9.55. The van der Waals surface area contributed by atoms with Gasteiger partial charge in [0.15, 0.2) is 9.84 Å². The maximum absolute atomic E-state index is 11.9. The van der Waals surface area contributed by atoms with Gasteiger partial charge in [0.1, 0.15) is 5.82 Å². The summed E-state index contributed by atoms with van der Waals surface area (Å²) in [5.74, 6) is 1.97. The Bertz CT molecular complexity index is 1140. The van der Waals surface area contributed by atoms with Crippen LogP contribution < -0.4 is 10.6 Å². The van der Waals surface area contributed by atoms with E-state index in [1.807, 2.05) is 24.3 Å². The van der Waals surface area contributed by atoms with Crippen molar-refractivity contribution in [2.24, 2.45) is 5.92 Å². The van der Waals surface area contributed by atoms with E-state index in [9.17, 15) is 8.42 Å². The standard InChI is InChI=1S/C23H26N4O2S/c1-2-30(28,29)19-14-12-18(13-15-19)25-23-26-21-11-7-6-10-20(21)22(27-23)24-16-17-8-4-3-5-9-17/h2,6-7,10-15,17H,1,3-5,8-9,16H2,(H2,24,25,26,27). The van der Waals surface area contributed by atoms with Crippen molar-refractivity contribution in [1.29, 1.82) is 0 Å². The van der Waals surface area contributed by atoms with E-state index in [1.54, 1.807) is 24.3 Å². The molecule has 0 aliphatic heterocycles. The summed E-state index contributed by atoms with van der Waals surface area (Å²) in [6.45, 7) is 4.27. The molecule has 1 aliphatic carbocycles. The summed E-state index contributed by atoms with van der Waals surface area (Å²) < 4.78 is 23.8. The van der Waals surface area contributed by atoms with Gasteiger partial charge >= 0.3 is 0 Å². The predicted octanol–water partition coefficient (Wildman–Crippen LogP) is 5.28. The first-order valence-corrected chi connectivity index (χ1v) is 11.8. The van der Waals surface area contributed by atoms with Gasteiger partial charge < -0.3 is 10.6 Å². The Morgan fingerprint density at radius 3 is 2.47 bits per heavy atom. The van der Waals surface area contributed by atoms with Gasteiger partial charge in [0, 0.05) is 23.0 Å². The molecule has 0 radical (unpaired) electrons. The highest BCUT2D eigenvalue weighted by molar-refractivity contribution is 7.94. The van der Waals surface area contributed by atoms with E-state index < -0.39 is 9.84 Å². The molecular formula is C23H26N4O2S. The van der Waals surface area contributed by atoms with Crippen molar-refractivity contribution in [3.05, 3.63) is 60.5 Å². The number of rotatable bonds is 7. The van der Waals surface area contributed by atoms with Crippen LogP contribution in [0.5, 0.6) is 0 Å². The Kier molecular flexibility index (Phi) is 5.99. The molecule has 1 heterocycles. The quantitative estimate of drug-likeness (QED) is 0.539. The van der Waals surface area contributed by atoms with E-state index in [-0.39, 0.29) is 4.90 Å². The second kappa shape index (κ2) is 8.83. The maximum atomic E-state index is 11.9. The lowest BCUT2D eigenvalue weighted by atomic mass is 9.89. The third-order valence-electron chi connectivity index (χ3n) is 5.54. The van der Waals surface area contributed by atoms with Crippen LogP contribution in [0.2, 0.25) is 0 Å². The van der Waals surface area contributed by atoms with Gasteiger partial charge in [-0.05, 0) is 55.2 Å². The highest BCUT2D eigenvalue weighted by Gasteiger charge is 2.15. The van der Waals surface area contributed by atoms with Crippen LogP contribution in [-0.2, 0) is 9.84 Å². The van der Waals surface area contributed by atoms with E-state index >= 15 is 0 Å². The van der Waals surface area contributed by atoms with Gasteiger partial charge in [-0.2, -0.15) is 4.98 Å². The average molecular weight is 423 g/mol.